The first-order valence-electron chi connectivity index (χ1n) is 9.02. The Balaban J connectivity index is 1.39. The number of piperidine rings is 1. The smallest absolute Gasteiger partial charge is 0.276 e. The summed E-state index contributed by atoms with van der Waals surface area (Å²) in [6.45, 7) is 3.17. The molecule has 0 unspecified atom stereocenters. The topological polar surface area (TPSA) is 82.1 Å². The predicted octanol–water partition coefficient (Wildman–Crippen LogP) is 2.20. The van der Waals surface area contributed by atoms with Crippen LogP contribution in [0.4, 0.5) is 0 Å². The van der Waals surface area contributed by atoms with Crippen LogP contribution in [0.5, 0.6) is 0 Å². The number of aromatic nitrogens is 3. The second-order valence-electron chi connectivity index (χ2n) is 7.51. The molecule has 1 saturated carbocycles. The minimum Gasteiger partial charge on any atom is -0.389 e. The number of carbonyl (C=O) groups is 1. The van der Waals surface area contributed by atoms with Crippen molar-refractivity contribution < 1.29 is 9.90 Å². The molecule has 132 valence electrons. The van der Waals surface area contributed by atoms with E-state index < -0.39 is 5.60 Å². The number of hydrogen-bond donors (Lipinski definition) is 2. The number of aliphatic hydroxyl groups is 1. The van der Waals surface area contributed by atoms with Crippen molar-refractivity contribution in [1.29, 1.82) is 0 Å². The number of aryl methyl sites for hydroxylation is 1. The van der Waals surface area contributed by atoms with Crippen molar-refractivity contribution >= 4 is 5.91 Å². The number of amides is 1. The van der Waals surface area contributed by atoms with Gasteiger partial charge in [-0.25, -0.2) is 0 Å². The largest absolute Gasteiger partial charge is 0.389 e. The second-order valence-corrected chi connectivity index (χ2v) is 7.51. The number of carbonyl (C=O) groups excluding carboxylic acids is 1. The predicted molar refractivity (Wildman–Crippen MR) is 93.3 cm³/mol. The fourth-order valence-corrected chi connectivity index (χ4v) is 3.58. The van der Waals surface area contributed by atoms with Gasteiger partial charge >= 0.3 is 0 Å². The third-order valence-electron chi connectivity index (χ3n) is 5.38. The van der Waals surface area contributed by atoms with Gasteiger partial charge in [0.2, 0.25) is 0 Å². The molecular weight excluding hydrogens is 316 g/mol. The van der Waals surface area contributed by atoms with Crippen molar-refractivity contribution in [2.24, 2.45) is 0 Å². The number of likely N-dealkylation sites (tertiary alicyclic amines) is 1. The van der Waals surface area contributed by atoms with Crippen LogP contribution in [0.25, 0.3) is 0 Å². The van der Waals surface area contributed by atoms with Crippen LogP contribution in [-0.4, -0.2) is 50.0 Å². The van der Waals surface area contributed by atoms with E-state index in [1.807, 2.05) is 0 Å². The molecule has 2 aliphatic rings. The molecule has 2 N–H and O–H groups in total. The summed E-state index contributed by atoms with van der Waals surface area (Å²) in [6, 6.07) is 8.28. The normalized spacial score (nSPS) is 19.8. The third kappa shape index (κ3) is 3.44. The highest BCUT2D eigenvalue weighted by Crippen LogP contribution is 2.40. The summed E-state index contributed by atoms with van der Waals surface area (Å²) in [5.41, 5.74) is 2.89. The van der Waals surface area contributed by atoms with Gasteiger partial charge in [0.05, 0.1) is 11.3 Å². The number of nitrogens with zero attached hydrogens (tertiary/aromatic N) is 3. The summed E-state index contributed by atoms with van der Waals surface area (Å²) in [5.74, 6) is 0.328. The molecule has 1 aliphatic carbocycles. The number of H-pyrrole nitrogens is 1. The Morgan fingerprint density at radius 1 is 1.24 bits per heavy atom. The molecule has 0 radical (unpaired) electrons. The molecule has 1 aromatic heterocycles. The molecule has 0 bridgehead atoms. The molecule has 6 nitrogen and oxygen atoms in total. The van der Waals surface area contributed by atoms with Crippen molar-refractivity contribution in [1.82, 2.24) is 20.3 Å². The molecule has 1 aromatic carbocycles. The number of benzene rings is 1. The molecule has 1 saturated heterocycles. The van der Waals surface area contributed by atoms with Crippen molar-refractivity contribution in [2.45, 2.75) is 50.5 Å². The Morgan fingerprint density at radius 2 is 1.92 bits per heavy atom. The van der Waals surface area contributed by atoms with Gasteiger partial charge in [0, 0.05) is 25.4 Å². The Bertz CT molecular complexity index is 756. The monoisotopic (exact) mass is 340 g/mol. The van der Waals surface area contributed by atoms with Crippen LogP contribution in [0.1, 0.15) is 58.9 Å². The zero-order valence-electron chi connectivity index (χ0n) is 14.5. The molecule has 2 fully saturated rings. The van der Waals surface area contributed by atoms with Crippen LogP contribution in [0.3, 0.4) is 0 Å². The lowest BCUT2D eigenvalue weighted by Gasteiger charge is -2.38. The quantitative estimate of drug-likeness (QED) is 0.894. The van der Waals surface area contributed by atoms with Crippen LogP contribution < -0.4 is 0 Å². The summed E-state index contributed by atoms with van der Waals surface area (Å²) in [4.78, 5) is 14.5. The van der Waals surface area contributed by atoms with Crippen LogP contribution in [0, 0.1) is 6.92 Å². The lowest BCUT2D eigenvalue weighted by atomic mass is 9.85. The van der Waals surface area contributed by atoms with Crippen molar-refractivity contribution in [3.05, 3.63) is 46.8 Å². The minimum absolute atomic E-state index is 0.0620. The average molecular weight is 340 g/mol. The Hall–Kier alpha value is -2.21. The molecule has 2 heterocycles. The molecule has 6 heteroatoms. The first-order chi connectivity index (χ1) is 12.0. The van der Waals surface area contributed by atoms with Gasteiger partial charge in [-0.3, -0.25) is 4.79 Å². The highest BCUT2D eigenvalue weighted by molar-refractivity contribution is 5.93. The molecular formula is C19H24N4O2. The molecule has 25 heavy (non-hydrogen) atoms. The van der Waals surface area contributed by atoms with E-state index in [0.717, 1.165) is 24.1 Å². The highest BCUT2D eigenvalue weighted by atomic mass is 16.3. The van der Waals surface area contributed by atoms with E-state index in [9.17, 15) is 9.90 Å². The van der Waals surface area contributed by atoms with Crippen LogP contribution in [-0.2, 0) is 6.42 Å². The summed E-state index contributed by atoms with van der Waals surface area (Å²) in [7, 11) is 0. The van der Waals surface area contributed by atoms with Gasteiger partial charge in [-0.05, 0) is 38.2 Å². The summed E-state index contributed by atoms with van der Waals surface area (Å²) >= 11 is 0. The lowest BCUT2D eigenvalue weighted by Crippen LogP contribution is -2.48. The number of aromatic amines is 1. The molecule has 2 aromatic rings. The van der Waals surface area contributed by atoms with Gasteiger partial charge in [0.15, 0.2) is 5.69 Å². The maximum absolute atomic E-state index is 12.7. The summed E-state index contributed by atoms with van der Waals surface area (Å²) in [5, 5.41) is 21.7. The number of rotatable bonds is 4. The van der Waals surface area contributed by atoms with E-state index >= 15 is 0 Å². The van der Waals surface area contributed by atoms with E-state index in [0.29, 0.717) is 44.0 Å². The van der Waals surface area contributed by atoms with Crippen LogP contribution in [0.2, 0.25) is 0 Å². The van der Waals surface area contributed by atoms with Crippen molar-refractivity contribution in [2.75, 3.05) is 13.1 Å². The second kappa shape index (κ2) is 6.26. The first kappa shape index (κ1) is 16.3. The lowest BCUT2D eigenvalue weighted by molar-refractivity contribution is -0.0164. The average Bonchev–Trinajstić information content (AvgIpc) is 3.34. The highest BCUT2D eigenvalue weighted by Gasteiger charge is 2.37. The van der Waals surface area contributed by atoms with Crippen LogP contribution in [0.15, 0.2) is 24.3 Å². The van der Waals surface area contributed by atoms with Gasteiger partial charge < -0.3 is 10.0 Å². The Labute approximate surface area is 147 Å². The fraction of sp³-hybridized carbons (Fsp3) is 0.526. The third-order valence-corrected chi connectivity index (χ3v) is 5.38. The van der Waals surface area contributed by atoms with Gasteiger partial charge in [-0.2, -0.15) is 15.4 Å². The van der Waals surface area contributed by atoms with Gasteiger partial charge in [-0.1, -0.05) is 29.8 Å². The Kier molecular flexibility index (Phi) is 4.07. The molecule has 1 aliphatic heterocycles. The standard InChI is InChI=1S/C19H24N4O2/c1-13-2-4-14(5-3-13)12-19(25)8-10-23(11-9-19)18(24)17-16(15-6-7-15)20-22-21-17/h2-5,15,25H,6-12H2,1H3,(H,20,21,22). The van der Waals surface area contributed by atoms with Gasteiger partial charge in [0.25, 0.3) is 5.91 Å². The van der Waals surface area contributed by atoms with Crippen molar-refractivity contribution in [3.8, 4) is 0 Å². The Morgan fingerprint density at radius 3 is 2.56 bits per heavy atom. The first-order valence-corrected chi connectivity index (χ1v) is 9.02. The SMILES string of the molecule is Cc1ccc(CC2(O)CCN(C(=O)c3n[nH]nc3C3CC3)CC2)cc1. The molecule has 1 amide bonds. The van der Waals surface area contributed by atoms with E-state index in [-0.39, 0.29) is 5.91 Å². The van der Waals surface area contributed by atoms with Crippen molar-refractivity contribution in [3.63, 3.8) is 0 Å². The number of nitrogens with one attached hydrogen (secondary N) is 1. The van der Waals surface area contributed by atoms with Crippen LogP contribution >= 0.6 is 0 Å². The maximum Gasteiger partial charge on any atom is 0.276 e. The zero-order valence-corrected chi connectivity index (χ0v) is 14.5. The van der Waals surface area contributed by atoms with Gasteiger partial charge in [0.1, 0.15) is 0 Å². The zero-order chi connectivity index (χ0) is 17.4. The van der Waals surface area contributed by atoms with E-state index in [1.165, 1.54) is 5.56 Å². The van der Waals surface area contributed by atoms with E-state index in [1.54, 1.807) is 4.90 Å². The molecule has 0 spiro atoms. The fourth-order valence-electron chi connectivity index (χ4n) is 3.58. The number of hydrogen-bond acceptors (Lipinski definition) is 4. The summed E-state index contributed by atoms with van der Waals surface area (Å²) in [6.07, 6.45) is 3.98. The molecule has 4 rings (SSSR count). The molecule has 0 atom stereocenters. The maximum atomic E-state index is 12.7. The van der Waals surface area contributed by atoms with Gasteiger partial charge in [-0.15, -0.1) is 0 Å². The van der Waals surface area contributed by atoms with E-state index in [2.05, 4.69) is 46.6 Å². The van der Waals surface area contributed by atoms with E-state index in [4.69, 9.17) is 0 Å². The minimum atomic E-state index is -0.741. The summed E-state index contributed by atoms with van der Waals surface area (Å²) < 4.78 is 0.